The zero-order valence-corrected chi connectivity index (χ0v) is 13.5. The topological polar surface area (TPSA) is 38.8 Å². The van der Waals surface area contributed by atoms with Crippen LogP contribution in [-0.2, 0) is 4.74 Å². The Morgan fingerprint density at radius 3 is 2.68 bits per heavy atom. The highest BCUT2D eigenvalue weighted by atomic mass is 79.9. The maximum Gasteiger partial charge on any atom is 0.253 e. The van der Waals surface area contributed by atoms with Gasteiger partial charge in [0.2, 0.25) is 0 Å². The Morgan fingerprint density at radius 2 is 2.16 bits per heavy atom. The van der Waals surface area contributed by atoms with Crippen molar-refractivity contribution in [2.24, 2.45) is 0 Å². The SMILES string of the molecule is COCC(Cl)CN(C)C(=O)c1ccc(OC)c(Br)c1. The quantitative estimate of drug-likeness (QED) is 0.741. The molecule has 19 heavy (non-hydrogen) atoms. The first-order valence-electron chi connectivity index (χ1n) is 5.71. The number of hydrogen-bond acceptors (Lipinski definition) is 3. The maximum absolute atomic E-state index is 12.2. The lowest BCUT2D eigenvalue weighted by atomic mass is 10.2. The summed E-state index contributed by atoms with van der Waals surface area (Å²) in [5.41, 5.74) is 0.580. The summed E-state index contributed by atoms with van der Waals surface area (Å²) in [6, 6.07) is 5.21. The van der Waals surface area contributed by atoms with Crippen LogP contribution in [0, 0.1) is 0 Å². The van der Waals surface area contributed by atoms with Gasteiger partial charge in [0.15, 0.2) is 0 Å². The molecule has 1 aromatic carbocycles. The van der Waals surface area contributed by atoms with Crippen LogP contribution in [0.5, 0.6) is 5.75 Å². The summed E-state index contributed by atoms with van der Waals surface area (Å²) in [6.45, 7) is 0.837. The molecule has 4 nitrogen and oxygen atoms in total. The van der Waals surface area contributed by atoms with Crippen molar-refractivity contribution in [1.82, 2.24) is 4.90 Å². The Kier molecular flexibility index (Phi) is 6.62. The van der Waals surface area contributed by atoms with E-state index in [0.29, 0.717) is 24.5 Å². The van der Waals surface area contributed by atoms with Gasteiger partial charge in [0.25, 0.3) is 5.91 Å². The highest BCUT2D eigenvalue weighted by molar-refractivity contribution is 9.10. The summed E-state index contributed by atoms with van der Waals surface area (Å²) in [4.78, 5) is 13.8. The minimum Gasteiger partial charge on any atom is -0.496 e. The first-order chi connectivity index (χ1) is 8.99. The number of methoxy groups -OCH3 is 2. The van der Waals surface area contributed by atoms with Crippen LogP contribution in [0.4, 0.5) is 0 Å². The van der Waals surface area contributed by atoms with Gasteiger partial charge in [-0.1, -0.05) is 0 Å². The number of carbonyl (C=O) groups excluding carboxylic acids is 1. The van der Waals surface area contributed by atoms with Gasteiger partial charge in [-0.2, -0.15) is 0 Å². The second-order valence-corrected chi connectivity index (χ2v) is 5.56. The van der Waals surface area contributed by atoms with Crippen LogP contribution < -0.4 is 4.74 Å². The van der Waals surface area contributed by atoms with Gasteiger partial charge in [-0.25, -0.2) is 0 Å². The van der Waals surface area contributed by atoms with Crippen LogP contribution >= 0.6 is 27.5 Å². The summed E-state index contributed by atoms with van der Waals surface area (Å²) >= 11 is 9.40. The molecule has 0 radical (unpaired) electrons. The third-order valence-electron chi connectivity index (χ3n) is 2.56. The molecular formula is C13H17BrClNO3. The molecule has 1 unspecified atom stereocenters. The van der Waals surface area contributed by atoms with Gasteiger partial charge in [0.1, 0.15) is 5.75 Å². The second-order valence-electron chi connectivity index (χ2n) is 4.09. The van der Waals surface area contributed by atoms with Crippen molar-refractivity contribution in [2.45, 2.75) is 5.38 Å². The van der Waals surface area contributed by atoms with E-state index >= 15 is 0 Å². The largest absolute Gasteiger partial charge is 0.496 e. The minimum absolute atomic E-state index is 0.0925. The Morgan fingerprint density at radius 1 is 1.47 bits per heavy atom. The molecule has 1 aromatic rings. The fourth-order valence-electron chi connectivity index (χ4n) is 1.63. The van der Waals surface area contributed by atoms with E-state index in [2.05, 4.69) is 15.9 Å². The number of hydrogen-bond donors (Lipinski definition) is 0. The van der Waals surface area contributed by atoms with E-state index < -0.39 is 0 Å². The molecule has 0 fully saturated rings. The summed E-state index contributed by atoms with van der Waals surface area (Å²) < 4.78 is 10.8. The van der Waals surface area contributed by atoms with Gasteiger partial charge < -0.3 is 14.4 Å². The molecule has 0 aliphatic rings. The van der Waals surface area contributed by atoms with Crippen LogP contribution in [0.1, 0.15) is 10.4 Å². The van der Waals surface area contributed by atoms with Crippen LogP contribution in [0.2, 0.25) is 0 Å². The van der Waals surface area contributed by atoms with Gasteiger partial charge in [0, 0.05) is 26.3 Å². The monoisotopic (exact) mass is 349 g/mol. The van der Waals surface area contributed by atoms with Crippen molar-refractivity contribution in [3.63, 3.8) is 0 Å². The molecule has 0 aliphatic carbocycles. The van der Waals surface area contributed by atoms with Gasteiger partial charge in [-0.05, 0) is 34.1 Å². The number of amides is 1. The molecule has 106 valence electrons. The maximum atomic E-state index is 12.2. The van der Waals surface area contributed by atoms with Crippen molar-refractivity contribution in [2.75, 3.05) is 34.4 Å². The minimum atomic E-state index is -0.222. The molecule has 0 aliphatic heterocycles. The lowest BCUT2D eigenvalue weighted by Crippen LogP contribution is -2.33. The summed E-state index contributed by atoms with van der Waals surface area (Å²) in [5.74, 6) is 0.596. The average Bonchev–Trinajstić information content (AvgIpc) is 2.37. The van der Waals surface area contributed by atoms with E-state index in [1.54, 1.807) is 44.4 Å². The lowest BCUT2D eigenvalue weighted by molar-refractivity contribution is 0.0781. The van der Waals surface area contributed by atoms with Gasteiger partial charge in [-0.15, -0.1) is 11.6 Å². The van der Waals surface area contributed by atoms with E-state index in [4.69, 9.17) is 21.1 Å². The fourth-order valence-corrected chi connectivity index (χ4v) is 2.51. The van der Waals surface area contributed by atoms with E-state index in [9.17, 15) is 4.79 Å². The number of rotatable bonds is 6. The number of alkyl halides is 1. The molecule has 0 saturated heterocycles. The molecule has 1 rings (SSSR count). The van der Waals surface area contributed by atoms with Crippen molar-refractivity contribution in [3.05, 3.63) is 28.2 Å². The highest BCUT2D eigenvalue weighted by Gasteiger charge is 2.16. The summed E-state index contributed by atoms with van der Waals surface area (Å²) in [6.07, 6.45) is 0. The fraction of sp³-hybridized carbons (Fsp3) is 0.462. The second kappa shape index (κ2) is 7.72. The number of ether oxygens (including phenoxy) is 2. The lowest BCUT2D eigenvalue weighted by Gasteiger charge is -2.20. The van der Waals surface area contributed by atoms with E-state index in [1.165, 1.54) is 0 Å². The zero-order chi connectivity index (χ0) is 14.4. The third-order valence-corrected chi connectivity index (χ3v) is 3.45. The van der Waals surface area contributed by atoms with Crippen LogP contribution in [0.25, 0.3) is 0 Å². The third kappa shape index (κ3) is 4.67. The van der Waals surface area contributed by atoms with E-state index in [0.717, 1.165) is 4.47 Å². The van der Waals surface area contributed by atoms with E-state index in [-0.39, 0.29) is 11.3 Å². The predicted molar refractivity (Wildman–Crippen MR) is 79.2 cm³/mol. The molecule has 1 amide bonds. The standard InChI is InChI=1S/C13H17BrClNO3/c1-16(7-10(15)8-18-2)13(17)9-4-5-12(19-3)11(14)6-9/h4-6,10H,7-8H2,1-3H3. The Hall–Kier alpha value is -0.780. The van der Waals surface area contributed by atoms with E-state index in [1.807, 2.05) is 0 Å². The van der Waals surface area contributed by atoms with Crippen molar-refractivity contribution in [3.8, 4) is 5.75 Å². The Bertz CT molecular complexity index is 442. The van der Waals surface area contributed by atoms with Gasteiger partial charge in [0.05, 0.1) is 23.6 Å². The Balaban J connectivity index is 2.74. The molecule has 6 heteroatoms. The number of nitrogens with zero attached hydrogens (tertiary/aromatic N) is 1. The van der Waals surface area contributed by atoms with Crippen molar-refractivity contribution in [1.29, 1.82) is 0 Å². The molecule has 0 bridgehead atoms. The summed E-state index contributed by atoms with van der Waals surface area (Å²) in [7, 11) is 4.87. The molecule has 0 spiro atoms. The number of halogens is 2. The average molecular weight is 351 g/mol. The van der Waals surface area contributed by atoms with Crippen molar-refractivity contribution >= 4 is 33.4 Å². The molecule has 0 N–H and O–H groups in total. The van der Waals surface area contributed by atoms with Gasteiger partial charge >= 0.3 is 0 Å². The molecule has 0 saturated carbocycles. The van der Waals surface area contributed by atoms with Gasteiger partial charge in [-0.3, -0.25) is 4.79 Å². The molecular weight excluding hydrogens is 334 g/mol. The van der Waals surface area contributed by atoms with Crippen molar-refractivity contribution < 1.29 is 14.3 Å². The van der Waals surface area contributed by atoms with Crippen LogP contribution in [0.3, 0.4) is 0 Å². The first kappa shape index (κ1) is 16.3. The molecule has 1 atom stereocenters. The van der Waals surface area contributed by atoms with Crippen LogP contribution in [-0.4, -0.2) is 50.6 Å². The summed E-state index contributed by atoms with van der Waals surface area (Å²) in [5, 5.41) is -0.222. The molecule has 0 aromatic heterocycles. The zero-order valence-electron chi connectivity index (χ0n) is 11.2. The highest BCUT2D eigenvalue weighted by Crippen LogP contribution is 2.26. The predicted octanol–water partition coefficient (Wildman–Crippen LogP) is 2.78. The molecule has 0 heterocycles. The first-order valence-corrected chi connectivity index (χ1v) is 6.94. The van der Waals surface area contributed by atoms with Crippen LogP contribution in [0.15, 0.2) is 22.7 Å². The number of benzene rings is 1. The smallest absolute Gasteiger partial charge is 0.253 e. The Labute approximate surface area is 126 Å². The normalized spacial score (nSPS) is 12.1. The number of carbonyl (C=O) groups is 1.